The summed E-state index contributed by atoms with van der Waals surface area (Å²) in [4.78, 5) is 12.6. The molecule has 1 aromatic rings. The van der Waals surface area contributed by atoms with Crippen LogP contribution in [0.4, 0.5) is 5.69 Å². The third-order valence-corrected chi connectivity index (χ3v) is 3.91. The molecule has 0 aliphatic carbocycles. The van der Waals surface area contributed by atoms with Gasteiger partial charge in [-0.15, -0.1) is 0 Å². The Morgan fingerprint density at radius 3 is 2.68 bits per heavy atom. The Balaban J connectivity index is 1.97. The smallest absolute Gasteiger partial charge is 0.287 e. The van der Waals surface area contributed by atoms with Crippen LogP contribution in [-0.2, 0) is 6.54 Å². The fraction of sp³-hybridized carbons (Fsp3) is 0.538. The second-order valence-corrected chi connectivity index (χ2v) is 5.29. The number of halogens is 1. The van der Waals surface area contributed by atoms with Crippen LogP contribution in [0.2, 0.25) is 5.02 Å². The first kappa shape index (κ1) is 14.2. The molecule has 1 fully saturated rings. The van der Waals surface area contributed by atoms with Gasteiger partial charge in [-0.25, -0.2) is 0 Å². The number of nitrogens with one attached hydrogen (secondary N) is 1. The molecule has 104 valence electrons. The Morgan fingerprint density at radius 1 is 1.47 bits per heavy atom. The van der Waals surface area contributed by atoms with E-state index >= 15 is 0 Å². The molecule has 19 heavy (non-hydrogen) atoms. The predicted octanol–water partition coefficient (Wildman–Crippen LogP) is 2.43. The minimum atomic E-state index is -0.454. The molecule has 1 heterocycles. The number of benzene rings is 1. The summed E-state index contributed by atoms with van der Waals surface area (Å²) in [7, 11) is 2.00. The van der Waals surface area contributed by atoms with E-state index < -0.39 is 4.92 Å². The molecule has 0 saturated carbocycles. The number of nitrogens with zero attached hydrogens (tertiary/aromatic N) is 2. The summed E-state index contributed by atoms with van der Waals surface area (Å²) < 4.78 is 0. The molecule has 0 atom stereocenters. The van der Waals surface area contributed by atoms with Crippen LogP contribution in [-0.4, -0.2) is 36.0 Å². The van der Waals surface area contributed by atoms with Gasteiger partial charge in [0.2, 0.25) is 0 Å². The van der Waals surface area contributed by atoms with Crippen LogP contribution in [0.1, 0.15) is 18.4 Å². The van der Waals surface area contributed by atoms with Gasteiger partial charge in [0.05, 0.1) is 4.92 Å². The predicted molar refractivity (Wildman–Crippen MR) is 75.5 cm³/mol. The minimum absolute atomic E-state index is 0.0284. The molecular weight excluding hydrogens is 266 g/mol. The number of piperidine rings is 1. The van der Waals surface area contributed by atoms with Crippen molar-refractivity contribution in [3.63, 3.8) is 0 Å². The zero-order valence-electron chi connectivity index (χ0n) is 10.9. The third kappa shape index (κ3) is 3.65. The Bertz CT molecular complexity index is 459. The topological polar surface area (TPSA) is 58.4 Å². The highest BCUT2D eigenvalue weighted by Crippen LogP contribution is 2.26. The lowest BCUT2D eigenvalue weighted by Crippen LogP contribution is -2.40. The third-order valence-electron chi connectivity index (χ3n) is 3.61. The summed E-state index contributed by atoms with van der Waals surface area (Å²) in [5, 5.41) is 14.2. The number of nitro benzene ring substituents is 1. The van der Waals surface area contributed by atoms with Crippen molar-refractivity contribution >= 4 is 17.3 Å². The molecule has 1 aliphatic rings. The van der Waals surface area contributed by atoms with Crippen molar-refractivity contribution in [3.8, 4) is 0 Å². The maximum absolute atomic E-state index is 10.7. The summed E-state index contributed by atoms with van der Waals surface area (Å²) >= 11 is 5.92. The molecule has 0 unspecified atom stereocenters. The van der Waals surface area contributed by atoms with E-state index in [1.807, 2.05) is 7.05 Å². The van der Waals surface area contributed by atoms with E-state index in [1.165, 1.54) is 6.07 Å². The summed E-state index contributed by atoms with van der Waals surface area (Å²) in [5.41, 5.74) is 0.998. The van der Waals surface area contributed by atoms with Crippen LogP contribution in [0.5, 0.6) is 0 Å². The first-order valence-electron chi connectivity index (χ1n) is 6.42. The van der Waals surface area contributed by atoms with Crippen LogP contribution in [0, 0.1) is 10.1 Å². The van der Waals surface area contributed by atoms with Crippen molar-refractivity contribution in [2.24, 2.45) is 0 Å². The molecule has 1 aromatic carbocycles. The van der Waals surface area contributed by atoms with Crippen LogP contribution in [0.3, 0.4) is 0 Å². The molecule has 0 aromatic heterocycles. The summed E-state index contributed by atoms with van der Waals surface area (Å²) in [6.45, 7) is 2.88. The average molecular weight is 284 g/mol. The van der Waals surface area contributed by atoms with E-state index in [4.69, 9.17) is 11.6 Å². The molecule has 0 bridgehead atoms. The van der Waals surface area contributed by atoms with Gasteiger partial charge in [0, 0.05) is 18.7 Å². The lowest BCUT2D eigenvalue weighted by molar-refractivity contribution is -0.384. The van der Waals surface area contributed by atoms with E-state index in [9.17, 15) is 10.1 Å². The zero-order chi connectivity index (χ0) is 13.8. The van der Waals surface area contributed by atoms with Gasteiger partial charge in [0.1, 0.15) is 5.02 Å². The van der Waals surface area contributed by atoms with Gasteiger partial charge in [-0.2, -0.15) is 0 Å². The lowest BCUT2D eigenvalue weighted by atomic mass is 10.0. The Hall–Kier alpha value is -1.17. The van der Waals surface area contributed by atoms with Crippen molar-refractivity contribution in [3.05, 3.63) is 38.9 Å². The highest BCUT2D eigenvalue weighted by molar-refractivity contribution is 6.32. The lowest BCUT2D eigenvalue weighted by Gasteiger charge is -2.31. The van der Waals surface area contributed by atoms with Crippen LogP contribution in [0.15, 0.2) is 18.2 Å². The van der Waals surface area contributed by atoms with Crippen molar-refractivity contribution in [1.82, 2.24) is 10.2 Å². The maximum Gasteiger partial charge on any atom is 0.287 e. The SMILES string of the molecule is CNC1CCN(Cc2ccc([N+](=O)[O-])c(Cl)c2)CC1. The second kappa shape index (κ2) is 6.32. The van der Waals surface area contributed by atoms with Crippen molar-refractivity contribution < 1.29 is 4.92 Å². The van der Waals surface area contributed by atoms with Gasteiger partial charge in [-0.3, -0.25) is 15.0 Å². The van der Waals surface area contributed by atoms with Gasteiger partial charge in [0.15, 0.2) is 0 Å². The van der Waals surface area contributed by atoms with Crippen LogP contribution in [0.25, 0.3) is 0 Å². The highest BCUT2D eigenvalue weighted by Gasteiger charge is 2.18. The Morgan fingerprint density at radius 2 is 2.16 bits per heavy atom. The first-order chi connectivity index (χ1) is 9.10. The van der Waals surface area contributed by atoms with E-state index in [0.717, 1.165) is 38.0 Å². The number of hydrogen-bond donors (Lipinski definition) is 1. The highest BCUT2D eigenvalue weighted by atomic mass is 35.5. The van der Waals surface area contributed by atoms with E-state index in [-0.39, 0.29) is 10.7 Å². The van der Waals surface area contributed by atoms with Gasteiger partial charge in [-0.05, 0) is 44.6 Å². The fourth-order valence-corrected chi connectivity index (χ4v) is 2.71. The van der Waals surface area contributed by atoms with Gasteiger partial charge in [-0.1, -0.05) is 17.7 Å². The zero-order valence-corrected chi connectivity index (χ0v) is 11.7. The van der Waals surface area contributed by atoms with Gasteiger partial charge < -0.3 is 5.32 Å². The molecule has 1 saturated heterocycles. The van der Waals surface area contributed by atoms with Crippen molar-refractivity contribution in [2.75, 3.05) is 20.1 Å². The minimum Gasteiger partial charge on any atom is -0.317 e. The number of hydrogen-bond acceptors (Lipinski definition) is 4. The monoisotopic (exact) mass is 283 g/mol. The van der Waals surface area contributed by atoms with Crippen LogP contribution < -0.4 is 5.32 Å². The summed E-state index contributed by atoms with van der Waals surface area (Å²) in [6, 6.07) is 5.58. The molecule has 1 aliphatic heterocycles. The van der Waals surface area contributed by atoms with Gasteiger partial charge >= 0.3 is 0 Å². The maximum atomic E-state index is 10.7. The Kier molecular flexibility index (Phi) is 4.74. The molecule has 0 amide bonds. The van der Waals surface area contributed by atoms with Gasteiger partial charge in [0.25, 0.3) is 5.69 Å². The molecular formula is C13H18ClN3O2. The van der Waals surface area contributed by atoms with Crippen molar-refractivity contribution in [1.29, 1.82) is 0 Å². The van der Waals surface area contributed by atoms with E-state index in [1.54, 1.807) is 12.1 Å². The van der Waals surface area contributed by atoms with E-state index in [2.05, 4.69) is 10.2 Å². The quantitative estimate of drug-likeness (QED) is 0.681. The number of nitro groups is 1. The standard InChI is InChI=1S/C13H18ClN3O2/c1-15-11-4-6-16(7-5-11)9-10-2-3-13(17(18)19)12(14)8-10/h2-3,8,11,15H,4-7,9H2,1H3. The molecule has 6 heteroatoms. The number of likely N-dealkylation sites (tertiary alicyclic amines) is 1. The van der Waals surface area contributed by atoms with Crippen LogP contribution >= 0.6 is 11.6 Å². The number of rotatable bonds is 4. The normalized spacial score (nSPS) is 17.6. The summed E-state index contributed by atoms with van der Waals surface area (Å²) in [5.74, 6) is 0. The average Bonchev–Trinajstić information content (AvgIpc) is 2.39. The summed E-state index contributed by atoms with van der Waals surface area (Å²) in [6.07, 6.45) is 2.27. The van der Waals surface area contributed by atoms with Crippen molar-refractivity contribution in [2.45, 2.75) is 25.4 Å². The first-order valence-corrected chi connectivity index (χ1v) is 6.80. The molecule has 5 nitrogen and oxygen atoms in total. The largest absolute Gasteiger partial charge is 0.317 e. The second-order valence-electron chi connectivity index (χ2n) is 4.88. The molecule has 1 N–H and O–H groups in total. The molecule has 0 spiro atoms. The molecule has 2 rings (SSSR count). The fourth-order valence-electron chi connectivity index (χ4n) is 2.43. The van der Waals surface area contributed by atoms with E-state index in [0.29, 0.717) is 6.04 Å². The Labute approximate surface area is 117 Å². The molecule has 0 radical (unpaired) electrons.